The minimum Gasteiger partial charge on any atom is -0.372 e. The van der Waals surface area contributed by atoms with Gasteiger partial charge in [-0.1, -0.05) is 24.3 Å². The molecule has 0 N–H and O–H groups in total. The van der Waals surface area contributed by atoms with Crippen LogP contribution in [0.15, 0.2) is 54.7 Å². The largest absolute Gasteiger partial charge is 0.433 e. The third kappa shape index (κ3) is 3.87. The molecule has 4 rings (SSSR count). The van der Waals surface area contributed by atoms with Gasteiger partial charge >= 0.3 is 6.18 Å². The third-order valence-electron chi connectivity index (χ3n) is 5.01. The Bertz CT molecular complexity index is 1010. The van der Waals surface area contributed by atoms with E-state index in [1.165, 1.54) is 6.20 Å². The second-order valence-corrected chi connectivity index (χ2v) is 7.13. The van der Waals surface area contributed by atoms with E-state index in [2.05, 4.69) is 19.9 Å². The molecule has 1 unspecified atom stereocenters. The SMILES string of the molecule is CC1CN(C)c2ccccc2CN1c1cc(C(F)(F)F)nc(-c2ccccn2)n1. The van der Waals surface area contributed by atoms with Crippen LogP contribution in [0.4, 0.5) is 24.7 Å². The van der Waals surface area contributed by atoms with Crippen molar-refractivity contribution in [3.63, 3.8) is 0 Å². The molecule has 5 nitrogen and oxygen atoms in total. The summed E-state index contributed by atoms with van der Waals surface area (Å²) in [5.41, 5.74) is 1.43. The Hall–Kier alpha value is -3.16. The van der Waals surface area contributed by atoms with E-state index in [0.29, 0.717) is 18.8 Å². The molecule has 29 heavy (non-hydrogen) atoms. The predicted molar refractivity (Wildman–Crippen MR) is 106 cm³/mol. The maximum Gasteiger partial charge on any atom is 0.433 e. The van der Waals surface area contributed by atoms with Crippen molar-refractivity contribution in [2.24, 2.45) is 0 Å². The van der Waals surface area contributed by atoms with E-state index in [0.717, 1.165) is 17.3 Å². The molecule has 3 heterocycles. The van der Waals surface area contributed by atoms with Crippen molar-refractivity contribution < 1.29 is 13.2 Å². The van der Waals surface area contributed by atoms with Crippen molar-refractivity contribution in [2.45, 2.75) is 25.7 Å². The number of aromatic nitrogens is 3. The van der Waals surface area contributed by atoms with E-state index in [4.69, 9.17) is 0 Å². The summed E-state index contributed by atoms with van der Waals surface area (Å²) in [4.78, 5) is 16.3. The Kier molecular flexibility index (Phi) is 4.86. The maximum atomic E-state index is 13.6. The highest BCUT2D eigenvalue weighted by Crippen LogP contribution is 2.34. The highest BCUT2D eigenvalue weighted by molar-refractivity contribution is 5.59. The summed E-state index contributed by atoms with van der Waals surface area (Å²) in [7, 11) is 1.99. The molecule has 8 heteroatoms. The first-order valence-corrected chi connectivity index (χ1v) is 9.26. The van der Waals surface area contributed by atoms with Gasteiger partial charge in [0.05, 0.1) is 0 Å². The number of fused-ring (bicyclic) bond motifs is 1. The fraction of sp³-hybridized carbons (Fsp3) is 0.286. The quantitative estimate of drug-likeness (QED) is 0.639. The molecular weight excluding hydrogens is 379 g/mol. The Morgan fingerprint density at radius 3 is 2.52 bits per heavy atom. The van der Waals surface area contributed by atoms with Gasteiger partial charge in [0.2, 0.25) is 0 Å². The summed E-state index contributed by atoms with van der Waals surface area (Å²) in [5.74, 6) is 0.207. The topological polar surface area (TPSA) is 45.2 Å². The van der Waals surface area contributed by atoms with Crippen LogP contribution in [0.3, 0.4) is 0 Å². The van der Waals surface area contributed by atoms with Crippen molar-refractivity contribution in [1.29, 1.82) is 0 Å². The number of hydrogen-bond donors (Lipinski definition) is 0. The van der Waals surface area contributed by atoms with E-state index >= 15 is 0 Å². The first-order valence-electron chi connectivity index (χ1n) is 9.26. The van der Waals surface area contributed by atoms with Crippen molar-refractivity contribution in [1.82, 2.24) is 15.0 Å². The highest BCUT2D eigenvalue weighted by Gasteiger charge is 2.35. The third-order valence-corrected chi connectivity index (χ3v) is 5.01. The van der Waals surface area contributed by atoms with Gasteiger partial charge in [-0.3, -0.25) is 4.98 Å². The lowest BCUT2D eigenvalue weighted by atomic mass is 10.1. The van der Waals surface area contributed by atoms with Gasteiger partial charge in [-0.2, -0.15) is 13.2 Å². The molecule has 2 aromatic heterocycles. The number of rotatable bonds is 2. The molecule has 0 saturated heterocycles. The van der Waals surface area contributed by atoms with Gasteiger partial charge in [-0.25, -0.2) is 9.97 Å². The van der Waals surface area contributed by atoms with Gasteiger partial charge < -0.3 is 9.80 Å². The minimum absolute atomic E-state index is 0.0338. The number of benzene rings is 1. The summed E-state index contributed by atoms with van der Waals surface area (Å²) in [6, 6.07) is 13.9. The lowest BCUT2D eigenvalue weighted by Gasteiger charge is -2.30. The molecule has 0 bridgehead atoms. The number of nitrogens with zero attached hydrogens (tertiary/aromatic N) is 5. The number of hydrogen-bond acceptors (Lipinski definition) is 5. The fourth-order valence-electron chi connectivity index (χ4n) is 3.59. The lowest BCUT2D eigenvalue weighted by molar-refractivity contribution is -0.141. The number of pyridine rings is 1. The molecule has 1 aliphatic rings. The molecule has 3 aromatic rings. The van der Waals surface area contributed by atoms with Gasteiger partial charge in [0, 0.05) is 44.1 Å². The Labute approximate surface area is 166 Å². The number of anilines is 2. The number of halogens is 3. The second kappa shape index (κ2) is 7.35. The van der Waals surface area contributed by atoms with E-state index in [1.807, 2.05) is 43.1 Å². The smallest absolute Gasteiger partial charge is 0.372 e. The zero-order valence-corrected chi connectivity index (χ0v) is 16.1. The average Bonchev–Trinajstić information content (AvgIpc) is 2.84. The first kappa shape index (κ1) is 19.2. The molecule has 1 aromatic carbocycles. The monoisotopic (exact) mass is 399 g/mol. The summed E-state index contributed by atoms with van der Waals surface area (Å²) in [6.45, 7) is 3.09. The standard InChI is InChI=1S/C21H20F3N5/c1-14-12-28(2)17-9-4-3-7-15(17)13-29(14)19-11-18(21(22,23)24)26-20(27-19)16-8-5-6-10-25-16/h3-11,14H,12-13H2,1-2H3. The molecular formula is C21H20F3N5. The number of likely N-dealkylation sites (N-methyl/N-ethyl adjacent to an activating group) is 1. The van der Waals surface area contributed by atoms with Crippen LogP contribution in [0.1, 0.15) is 18.2 Å². The van der Waals surface area contributed by atoms with Crippen LogP contribution in [-0.2, 0) is 12.7 Å². The molecule has 1 atom stereocenters. The summed E-state index contributed by atoms with van der Waals surface area (Å²) < 4.78 is 40.7. The first-order chi connectivity index (χ1) is 13.8. The summed E-state index contributed by atoms with van der Waals surface area (Å²) in [5, 5.41) is 0. The average molecular weight is 399 g/mol. The van der Waals surface area contributed by atoms with Crippen LogP contribution in [0, 0.1) is 0 Å². The predicted octanol–water partition coefficient (Wildman–Crippen LogP) is 4.40. The summed E-state index contributed by atoms with van der Waals surface area (Å²) >= 11 is 0. The van der Waals surface area contributed by atoms with Gasteiger partial charge in [0.25, 0.3) is 0 Å². The zero-order valence-electron chi connectivity index (χ0n) is 16.1. The molecule has 150 valence electrons. The Balaban J connectivity index is 1.83. The van der Waals surface area contributed by atoms with Crippen LogP contribution in [0.25, 0.3) is 11.5 Å². The van der Waals surface area contributed by atoms with Crippen molar-refractivity contribution in [3.05, 3.63) is 66.0 Å². The van der Waals surface area contributed by atoms with E-state index < -0.39 is 11.9 Å². The molecule has 1 aliphatic heterocycles. The van der Waals surface area contributed by atoms with Crippen LogP contribution >= 0.6 is 0 Å². The highest BCUT2D eigenvalue weighted by atomic mass is 19.4. The van der Waals surface area contributed by atoms with Gasteiger partial charge in [-0.15, -0.1) is 0 Å². The van der Waals surface area contributed by atoms with Gasteiger partial charge in [-0.05, 0) is 30.7 Å². The van der Waals surface area contributed by atoms with Crippen LogP contribution in [0.2, 0.25) is 0 Å². The van der Waals surface area contributed by atoms with Crippen LogP contribution in [-0.4, -0.2) is 34.6 Å². The normalized spacial score (nSPS) is 17.1. The zero-order chi connectivity index (χ0) is 20.6. The molecule has 0 aliphatic carbocycles. The van der Waals surface area contributed by atoms with Crippen molar-refractivity contribution in [3.8, 4) is 11.5 Å². The second-order valence-electron chi connectivity index (χ2n) is 7.13. The Morgan fingerprint density at radius 1 is 1.03 bits per heavy atom. The molecule has 0 radical (unpaired) electrons. The van der Waals surface area contributed by atoms with Gasteiger partial charge in [0.15, 0.2) is 11.5 Å². The molecule has 0 saturated carbocycles. The number of para-hydroxylation sites is 1. The molecule has 0 amide bonds. The van der Waals surface area contributed by atoms with Crippen LogP contribution in [0.5, 0.6) is 0 Å². The van der Waals surface area contributed by atoms with Gasteiger partial charge in [0.1, 0.15) is 11.5 Å². The summed E-state index contributed by atoms with van der Waals surface area (Å²) in [6.07, 6.45) is -3.07. The molecule has 0 fully saturated rings. The van der Waals surface area contributed by atoms with Crippen molar-refractivity contribution >= 4 is 11.5 Å². The van der Waals surface area contributed by atoms with Crippen LogP contribution < -0.4 is 9.80 Å². The Morgan fingerprint density at radius 2 is 1.79 bits per heavy atom. The molecule has 0 spiro atoms. The fourth-order valence-corrected chi connectivity index (χ4v) is 3.59. The minimum atomic E-state index is -4.58. The number of alkyl halides is 3. The lowest BCUT2D eigenvalue weighted by Crippen LogP contribution is -2.38. The van der Waals surface area contributed by atoms with Crippen molar-refractivity contribution in [2.75, 3.05) is 23.4 Å². The van der Waals surface area contributed by atoms with E-state index in [1.54, 1.807) is 18.2 Å². The van der Waals surface area contributed by atoms with E-state index in [-0.39, 0.29) is 17.7 Å². The maximum absolute atomic E-state index is 13.6. The van der Waals surface area contributed by atoms with E-state index in [9.17, 15) is 13.2 Å².